The van der Waals surface area contributed by atoms with Gasteiger partial charge in [-0.2, -0.15) is 0 Å². The second kappa shape index (κ2) is 9.38. The molecular weight excluding hydrogens is 350 g/mol. The maximum absolute atomic E-state index is 12.0. The number of rotatable bonds is 6. The fourth-order valence-corrected chi connectivity index (χ4v) is 3.19. The van der Waals surface area contributed by atoms with Crippen molar-refractivity contribution in [2.24, 2.45) is 0 Å². The molecule has 3 N–H and O–H groups in total. The van der Waals surface area contributed by atoms with Gasteiger partial charge in [0.2, 0.25) is 0 Å². The quantitative estimate of drug-likeness (QED) is 0.707. The lowest BCUT2D eigenvalue weighted by Gasteiger charge is -2.22. The van der Waals surface area contributed by atoms with E-state index in [4.69, 9.17) is 11.6 Å². The van der Waals surface area contributed by atoms with Crippen LogP contribution in [-0.2, 0) is 6.42 Å². The van der Waals surface area contributed by atoms with Crippen molar-refractivity contribution in [1.29, 1.82) is 0 Å². The van der Waals surface area contributed by atoms with Crippen LogP contribution in [0.3, 0.4) is 0 Å². The number of carbonyl (C=O) groups excluding carboxylic acids is 1. The SMILES string of the molecule is O=C(Nc1ccc(NCCc2ccc(Cl)cc2)nn1)NC1CCCCC1. The molecule has 0 atom stereocenters. The van der Waals surface area contributed by atoms with Crippen LogP contribution in [0.1, 0.15) is 37.7 Å². The zero-order chi connectivity index (χ0) is 18.2. The molecule has 0 saturated heterocycles. The summed E-state index contributed by atoms with van der Waals surface area (Å²) in [6, 6.07) is 11.4. The number of urea groups is 1. The lowest BCUT2D eigenvalue weighted by atomic mass is 9.96. The van der Waals surface area contributed by atoms with E-state index in [2.05, 4.69) is 26.1 Å². The number of anilines is 2. The fraction of sp³-hybridized carbons (Fsp3) is 0.421. The summed E-state index contributed by atoms with van der Waals surface area (Å²) in [4.78, 5) is 12.0. The summed E-state index contributed by atoms with van der Waals surface area (Å²) in [5.74, 6) is 1.12. The first-order valence-corrected chi connectivity index (χ1v) is 9.46. The highest BCUT2D eigenvalue weighted by atomic mass is 35.5. The number of hydrogen-bond donors (Lipinski definition) is 3. The van der Waals surface area contributed by atoms with Crippen molar-refractivity contribution >= 4 is 29.3 Å². The Morgan fingerprint density at radius 1 is 1.00 bits per heavy atom. The third kappa shape index (κ3) is 5.88. The molecule has 1 aromatic heterocycles. The first kappa shape index (κ1) is 18.5. The number of aromatic nitrogens is 2. The average molecular weight is 374 g/mol. The molecule has 1 fully saturated rings. The van der Waals surface area contributed by atoms with Crippen LogP contribution in [0.25, 0.3) is 0 Å². The van der Waals surface area contributed by atoms with Gasteiger partial charge in [0.25, 0.3) is 0 Å². The first-order valence-electron chi connectivity index (χ1n) is 9.08. The van der Waals surface area contributed by atoms with Crippen molar-refractivity contribution < 1.29 is 4.79 Å². The van der Waals surface area contributed by atoms with Gasteiger partial charge in [-0.25, -0.2) is 4.79 Å². The highest BCUT2D eigenvalue weighted by molar-refractivity contribution is 6.30. The largest absolute Gasteiger partial charge is 0.368 e. The molecule has 0 bridgehead atoms. The van der Waals surface area contributed by atoms with Gasteiger partial charge in [-0.3, -0.25) is 5.32 Å². The molecule has 0 spiro atoms. The Kier molecular flexibility index (Phi) is 6.66. The first-order chi connectivity index (χ1) is 12.7. The standard InChI is InChI=1S/C19H24ClN5O/c20-15-8-6-14(7-9-15)12-13-21-17-10-11-18(25-24-17)23-19(26)22-16-4-2-1-3-5-16/h6-11,16H,1-5,12-13H2,(H,21,24)(H2,22,23,25,26). The summed E-state index contributed by atoms with van der Waals surface area (Å²) in [5, 5.41) is 17.8. The van der Waals surface area contributed by atoms with Gasteiger partial charge in [-0.15, -0.1) is 10.2 Å². The van der Waals surface area contributed by atoms with Gasteiger partial charge in [0.05, 0.1) is 0 Å². The number of halogens is 1. The van der Waals surface area contributed by atoms with Crippen molar-refractivity contribution in [1.82, 2.24) is 15.5 Å². The topological polar surface area (TPSA) is 78.9 Å². The van der Waals surface area contributed by atoms with E-state index >= 15 is 0 Å². The van der Waals surface area contributed by atoms with Crippen LogP contribution in [-0.4, -0.2) is 28.8 Å². The van der Waals surface area contributed by atoms with Gasteiger partial charge >= 0.3 is 6.03 Å². The van der Waals surface area contributed by atoms with Gasteiger partial charge in [0, 0.05) is 17.6 Å². The Balaban J connectivity index is 1.41. The third-order valence-electron chi connectivity index (χ3n) is 4.48. The number of nitrogens with one attached hydrogen (secondary N) is 3. The predicted molar refractivity (Wildman–Crippen MR) is 105 cm³/mol. The van der Waals surface area contributed by atoms with Crippen molar-refractivity contribution in [3.8, 4) is 0 Å². The molecule has 1 heterocycles. The summed E-state index contributed by atoms with van der Waals surface area (Å²) in [6.07, 6.45) is 6.59. The molecule has 1 aliphatic rings. The minimum atomic E-state index is -0.213. The van der Waals surface area contributed by atoms with Crippen molar-refractivity contribution in [3.63, 3.8) is 0 Å². The van der Waals surface area contributed by atoms with Crippen LogP contribution in [0.2, 0.25) is 5.02 Å². The van der Waals surface area contributed by atoms with Crippen LogP contribution >= 0.6 is 11.6 Å². The van der Waals surface area contributed by atoms with E-state index in [1.165, 1.54) is 24.8 Å². The Bertz CT molecular complexity index is 699. The van der Waals surface area contributed by atoms with Crippen molar-refractivity contribution in [3.05, 3.63) is 47.0 Å². The molecule has 7 heteroatoms. The van der Waals surface area contributed by atoms with E-state index < -0.39 is 0 Å². The van der Waals surface area contributed by atoms with E-state index in [9.17, 15) is 4.79 Å². The maximum atomic E-state index is 12.0. The smallest absolute Gasteiger partial charge is 0.320 e. The van der Waals surface area contributed by atoms with E-state index in [1.54, 1.807) is 6.07 Å². The van der Waals surface area contributed by atoms with Gasteiger partial charge in [-0.1, -0.05) is 43.0 Å². The van der Waals surface area contributed by atoms with Crippen molar-refractivity contribution in [2.45, 2.75) is 44.6 Å². The molecular formula is C19H24ClN5O. The van der Waals surface area contributed by atoms with E-state index in [0.717, 1.165) is 30.8 Å². The summed E-state index contributed by atoms with van der Waals surface area (Å²) in [5.41, 5.74) is 1.20. The molecule has 0 aliphatic heterocycles. The molecule has 3 rings (SSSR count). The van der Waals surface area contributed by atoms with Crippen LogP contribution < -0.4 is 16.0 Å². The Hall–Kier alpha value is -2.34. The van der Waals surface area contributed by atoms with E-state index in [1.807, 2.05) is 30.3 Å². The zero-order valence-corrected chi connectivity index (χ0v) is 15.4. The fourth-order valence-electron chi connectivity index (χ4n) is 3.06. The highest BCUT2D eigenvalue weighted by Crippen LogP contribution is 2.17. The van der Waals surface area contributed by atoms with E-state index in [-0.39, 0.29) is 12.1 Å². The predicted octanol–water partition coefficient (Wildman–Crippen LogP) is 4.24. The lowest BCUT2D eigenvalue weighted by Crippen LogP contribution is -2.39. The molecule has 138 valence electrons. The van der Waals surface area contributed by atoms with Gasteiger partial charge < -0.3 is 10.6 Å². The van der Waals surface area contributed by atoms with Gasteiger partial charge in [0.1, 0.15) is 5.82 Å². The summed E-state index contributed by atoms with van der Waals surface area (Å²) >= 11 is 5.88. The Morgan fingerprint density at radius 2 is 1.69 bits per heavy atom. The maximum Gasteiger partial charge on any atom is 0.320 e. The van der Waals surface area contributed by atoms with Crippen molar-refractivity contribution in [2.75, 3.05) is 17.2 Å². The van der Waals surface area contributed by atoms with Crippen LogP contribution in [0.5, 0.6) is 0 Å². The van der Waals surface area contributed by atoms with Crippen LogP contribution in [0.15, 0.2) is 36.4 Å². The minimum Gasteiger partial charge on any atom is -0.368 e. The molecule has 0 radical (unpaired) electrons. The third-order valence-corrected chi connectivity index (χ3v) is 4.73. The molecule has 1 saturated carbocycles. The second-order valence-electron chi connectivity index (χ2n) is 6.54. The highest BCUT2D eigenvalue weighted by Gasteiger charge is 2.15. The van der Waals surface area contributed by atoms with Gasteiger partial charge in [0.15, 0.2) is 5.82 Å². The Morgan fingerprint density at radius 3 is 2.38 bits per heavy atom. The zero-order valence-electron chi connectivity index (χ0n) is 14.7. The molecule has 2 aromatic rings. The van der Waals surface area contributed by atoms with Crippen LogP contribution in [0.4, 0.5) is 16.4 Å². The summed E-state index contributed by atoms with van der Waals surface area (Å²) in [7, 11) is 0. The number of benzene rings is 1. The molecule has 6 nitrogen and oxygen atoms in total. The summed E-state index contributed by atoms with van der Waals surface area (Å²) in [6.45, 7) is 0.741. The van der Waals surface area contributed by atoms with E-state index in [0.29, 0.717) is 11.6 Å². The molecule has 1 aromatic carbocycles. The summed E-state index contributed by atoms with van der Waals surface area (Å²) < 4.78 is 0. The lowest BCUT2D eigenvalue weighted by molar-refractivity contribution is 0.244. The molecule has 2 amide bonds. The number of nitrogens with zero attached hydrogens (tertiary/aromatic N) is 2. The normalized spacial score (nSPS) is 14.7. The Labute approximate surface area is 158 Å². The monoisotopic (exact) mass is 373 g/mol. The number of amides is 2. The minimum absolute atomic E-state index is 0.213. The molecule has 1 aliphatic carbocycles. The molecule has 0 unspecified atom stereocenters. The van der Waals surface area contributed by atoms with Crippen LogP contribution in [0, 0.1) is 0 Å². The average Bonchev–Trinajstić information content (AvgIpc) is 2.65. The second-order valence-corrected chi connectivity index (χ2v) is 6.98. The number of hydrogen-bond acceptors (Lipinski definition) is 4. The number of carbonyl (C=O) groups is 1. The molecule has 26 heavy (non-hydrogen) atoms. The van der Waals surface area contributed by atoms with Gasteiger partial charge in [-0.05, 0) is 49.1 Å².